The van der Waals surface area contributed by atoms with Crippen LogP contribution in [-0.4, -0.2) is 23.9 Å². The first kappa shape index (κ1) is 11.5. The van der Waals surface area contributed by atoms with Crippen LogP contribution in [0.25, 0.3) is 11.1 Å². The van der Waals surface area contributed by atoms with Crippen molar-refractivity contribution in [1.29, 1.82) is 0 Å². The van der Waals surface area contributed by atoms with Gasteiger partial charge in [0.15, 0.2) is 5.96 Å². The summed E-state index contributed by atoms with van der Waals surface area (Å²) in [5.41, 5.74) is 5.42. The predicted molar refractivity (Wildman–Crippen MR) is 81.4 cm³/mol. The van der Waals surface area contributed by atoms with E-state index in [0.717, 1.165) is 32.1 Å². The first-order chi connectivity index (χ1) is 9.90. The van der Waals surface area contributed by atoms with Gasteiger partial charge in [0.05, 0.1) is 6.54 Å². The van der Waals surface area contributed by atoms with Crippen molar-refractivity contribution in [2.45, 2.75) is 13.1 Å². The highest BCUT2D eigenvalue weighted by molar-refractivity contribution is 5.82. The maximum absolute atomic E-state index is 4.51. The fourth-order valence-corrected chi connectivity index (χ4v) is 2.95. The second-order valence-electron chi connectivity index (χ2n) is 5.34. The molecule has 0 aromatic heterocycles. The average Bonchev–Trinajstić information content (AvgIpc) is 3.16. The molecule has 0 spiro atoms. The van der Waals surface area contributed by atoms with Crippen LogP contribution in [0.4, 0.5) is 0 Å². The third kappa shape index (κ3) is 1.95. The van der Waals surface area contributed by atoms with Crippen molar-refractivity contribution in [3.8, 4) is 11.1 Å². The number of hydrogen-bond acceptors (Lipinski definition) is 3. The zero-order valence-corrected chi connectivity index (χ0v) is 11.3. The van der Waals surface area contributed by atoms with Crippen molar-refractivity contribution in [2.24, 2.45) is 4.99 Å². The van der Waals surface area contributed by atoms with Crippen molar-refractivity contribution in [1.82, 2.24) is 10.2 Å². The van der Waals surface area contributed by atoms with E-state index in [1.54, 1.807) is 0 Å². The van der Waals surface area contributed by atoms with E-state index >= 15 is 0 Å². The zero-order chi connectivity index (χ0) is 13.4. The smallest absolute Gasteiger partial charge is 0.194 e. The second kappa shape index (κ2) is 4.67. The second-order valence-corrected chi connectivity index (χ2v) is 5.34. The Morgan fingerprint density at radius 2 is 1.75 bits per heavy atom. The lowest BCUT2D eigenvalue weighted by Gasteiger charge is -2.16. The van der Waals surface area contributed by atoms with Crippen molar-refractivity contribution >= 4 is 5.96 Å². The van der Waals surface area contributed by atoms with Gasteiger partial charge >= 0.3 is 0 Å². The molecule has 0 saturated heterocycles. The molecule has 0 saturated carbocycles. The van der Waals surface area contributed by atoms with Gasteiger partial charge in [-0.15, -0.1) is 0 Å². The molecule has 20 heavy (non-hydrogen) atoms. The fourth-order valence-electron chi connectivity index (χ4n) is 2.95. The predicted octanol–water partition coefficient (Wildman–Crippen LogP) is 2.63. The number of fused-ring (bicyclic) bond motifs is 1. The molecule has 2 aromatic carbocycles. The van der Waals surface area contributed by atoms with E-state index in [1.165, 1.54) is 22.3 Å². The Kier molecular flexibility index (Phi) is 2.69. The standard InChI is InChI=1S/C17H17N3/c1-2-4-13(5-3-1)14-6-7-15-11-20(12-16(15)10-14)17-18-8-9-19-17/h1-7,10H,8-9,11-12H2,(H,18,19). The van der Waals surface area contributed by atoms with Crippen LogP contribution >= 0.6 is 0 Å². The van der Waals surface area contributed by atoms with E-state index in [1.807, 2.05) is 0 Å². The first-order valence-electron chi connectivity index (χ1n) is 7.11. The lowest BCUT2D eigenvalue weighted by molar-refractivity contribution is 0.435. The van der Waals surface area contributed by atoms with Crippen LogP contribution < -0.4 is 5.32 Å². The van der Waals surface area contributed by atoms with E-state index in [2.05, 4.69) is 63.7 Å². The Bertz CT molecular complexity index is 661. The van der Waals surface area contributed by atoms with E-state index in [-0.39, 0.29) is 0 Å². The summed E-state index contributed by atoms with van der Waals surface area (Å²) in [6.07, 6.45) is 0. The monoisotopic (exact) mass is 263 g/mol. The molecule has 3 heteroatoms. The Morgan fingerprint density at radius 1 is 0.900 bits per heavy atom. The van der Waals surface area contributed by atoms with Gasteiger partial charge in [-0.1, -0.05) is 42.5 Å². The van der Waals surface area contributed by atoms with Crippen LogP contribution in [0, 0.1) is 0 Å². The summed E-state index contributed by atoms with van der Waals surface area (Å²) >= 11 is 0. The number of hydrogen-bond donors (Lipinski definition) is 1. The van der Waals surface area contributed by atoms with E-state index in [0.29, 0.717) is 0 Å². The minimum atomic E-state index is 0.900. The van der Waals surface area contributed by atoms with Crippen molar-refractivity contribution in [3.63, 3.8) is 0 Å². The molecule has 2 aliphatic heterocycles. The highest BCUT2D eigenvalue weighted by Crippen LogP contribution is 2.28. The zero-order valence-electron chi connectivity index (χ0n) is 11.3. The summed E-state index contributed by atoms with van der Waals surface area (Å²) in [7, 11) is 0. The van der Waals surface area contributed by atoms with Crippen molar-refractivity contribution < 1.29 is 0 Å². The Labute approximate surface area is 119 Å². The molecule has 0 bridgehead atoms. The highest BCUT2D eigenvalue weighted by atomic mass is 15.3. The van der Waals surface area contributed by atoms with Gasteiger partial charge in [-0.05, 0) is 28.3 Å². The van der Waals surface area contributed by atoms with Gasteiger partial charge < -0.3 is 10.2 Å². The summed E-state index contributed by atoms with van der Waals surface area (Å²) in [5.74, 6) is 1.06. The summed E-state index contributed by atoms with van der Waals surface area (Å²) in [4.78, 5) is 6.84. The summed E-state index contributed by atoms with van der Waals surface area (Å²) in [6.45, 7) is 3.80. The molecule has 0 amide bonds. The minimum Gasteiger partial charge on any atom is -0.354 e. The topological polar surface area (TPSA) is 27.6 Å². The lowest BCUT2D eigenvalue weighted by Crippen LogP contribution is -2.34. The number of aliphatic imine (C=N–C) groups is 1. The summed E-state index contributed by atoms with van der Waals surface area (Å²) in [6, 6.07) is 17.4. The van der Waals surface area contributed by atoms with Crippen molar-refractivity contribution in [3.05, 3.63) is 59.7 Å². The number of nitrogens with zero attached hydrogens (tertiary/aromatic N) is 2. The number of nitrogens with one attached hydrogen (secondary N) is 1. The Morgan fingerprint density at radius 3 is 2.55 bits per heavy atom. The van der Waals surface area contributed by atoms with Crippen molar-refractivity contribution in [2.75, 3.05) is 13.1 Å². The first-order valence-corrected chi connectivity index (χ1v) is 7.11. The Balaban J connectivity index is 1.63. The van der Waals surface area contributed by atoms with Gasteiger partial charge in [-0.25, -0.2) is 0 Å². The van der Waals surface area contributed by atoms with E-state index in [9.17, 15) is 0 Å². The van der Waals surface area contributed by atoms with Gasteiger partial charge in [0, 0.05) is 19.6 Å². The molecule has 2 aromatic rings. The molecule has 100 valence electrons. The molecule has 0 unspecified atom stereocenters. The SMILES string of the molecule is c1ccc(-c2ccc3c(c2)CN(C2=NCCN2)C3)cc1. The van der Waals surface area contributed by atoms with Crippen LogP contribution in [0.15, 0.2) is 53.5 Å². The van der Waals surface area contributed by atoms with Crippen LogP contribution in [-0.2, 0) is 13.1 Å². The highest BCUT2D eigenvalue weighted by Gasteiger charge is 2.23. The molecule has 2 aliphatic rings. The molecular formula is C17H17N3. The van der Waals surface area contributed by atoms with E-state index < -0.39 is 0 Å². The molecule has 2 heterocycles. The third-order valence-corrected chi connectivity index (χ3v) is 3.99. The fraction of sp³-hybridized carbons (Fsp3) is 0.235. The molecule has 3 nitrogen and oxygen atoms in total. The largest absolute Gasteiger partial charge is 0.354 e. The van der Waals surface area contributed by atoms with Gasteiger partial charge in [0.25, 0.3) is 0 Å². The Hall–Kier alpha value is -2.29. The molecule has 0 aliphatic carbocycles. The molecule has 0 radical (unpaired) electrons. The minimum absolute atomic E-state index is 0.900. The lowest BCUT2D eigenvalue weighted by atomic mass is 10.0. The molecular weight excluding hydrogens is 246 g/mol. The summed E-state index contributed by atoms with van der Waals surface area (Å²) in [5, 5.41) is 3.36. The maximum atomic E-state index is 4.51. The maximum Gasteiger partial charge on any atom is 0.194 e. The van der Waals surface area contributed by atoms with Crippen LogP contribution in [0.3, 0.4) is 0 Å². The number of benzene rings is 2. The van der Waals surface area contributed by atoms with E-state index in [4.69, 9.17) is 0 Å². The molecule has 0 fully saturated rings. The number of rotatable bonds is 1. The van der Waals surface area contributed by atoms with Crippen LogP contribution in [0.2, 0.25) is 0 Å². The van der Waals surface area contributed by atoms with Gasteiger partial charge in [-0.2, -0.15) is 0 Å². The van der Waals surface area contributed by atoms with Gasteiger partial charge in [0.2, 0.25) is 0 Å². The van der Waals surface area contributed by atoms with Crippen LogP contribution in [0.1, 0.15) is 11.1 Å². The molecule has 1 N–H and O–H groups in total. The third-order valence-electron chi connectivity index (χ3n) is 3.99. The molecule has 0 atom stereocenters. The normalized spacial score (nSPS) is 16.8. The molecule has 4 rings (SSSR count). The summed E-state index contributed by atoms with van der Waals surface area (Å²) < 4.78 is 0. The van der Waals surface area contributed by atoms with Gasteiger partial charge in [0.1, 0.15) is 0 Å². The number of guanidine groups is 1. The quantitative estimate of drug-likeness (QED) is 0.856. The van der Waals surface area contributed by atoms with Gasteiger partial charge in [-0.3, -0.25) is 4.99 Å². The average molecular weight is 263 g/mol. The van der Waals surface area contributed by atoms with Crippen LogP contribution in [0.5, 0.6) is 0 Å².